The van der Waals surface area contributed by atoms with Gasteiger partial charge in [-0.3, -0.25) is 0 Å². The van der Waals surface area contributed by atoms with Crippen molar-refractivity contribution in [3.8, 4) is 0 Å². The summed E-state index contributed by atoms with van der Waals surface area (Å²) in [4.78, 5) is 0. The predicted octanol–water partition coefficient (Wildman–Crippen LogP) is 3.17. The van der Waals surface area contributed by atoms with Crippen LogP contribution in [0.4, 0.5) is 0 Å². The fraction of sp³-hybridized carbons (Fsp3) is 1.00. The van der Waals surface area contributed by atoms with E-state index in [0.29, 0.717) is 0 Å². The topological polar surface area (TPSA) is 0 Å². The van der Waals surface area contributed by atoms with Crippen LogP contribution < -0.4 is 0 Å². The molecule has 0 N–H and O–H groups in total. The summed E-state index contributed by atoms with van der Waals surface area (Å²) < 4.78 is 0. The van der Waals surface area contributed by atoms with Crippen LogP contribution in [-0.2, 0) is 0 Å². The molecule has 0 unspecified atom stereocenters. The second kappa shape index (κ2) is 3.17. The minimum absolute atomic E-state index is 0.890. The Labute approximate surface area is 68.8 Å². The largest absolute Gasteiger partial charge is 0.153 e. The van der Waals surface area contributed by atoms with Crippen molar-refractivity contribution in [2.75, 3.05) is 0 Å². The van der Waals surface area contributed by atoms with E-state index >= 15 is 0 Å². The molecule has 1 rings (SSSR count). The number of hydrogen-bond donors (Lipinski definition) is 0. The molecule has 0 amide bonds. The van der Waals surface area contributed by atoms with Crippen LogP contribution >= 0.6 is 11.8 Å². The molecule has 0 aromatic carbocycles. The zero-order chi connectivity index (χ0) is 7.72. The van der Waals surface area contributed by atoms with Crippen molar-refractivity contribution in [2.45, 2.75) is 44.6 Å². The third-order valence-electron chi connectivity index (χ3n) is 1.98. The van der Waals surface area contributed by atoms with E-state index in [1.165, 1.54) is 6.42 Å². The summed E-state index contributed by atoms with van der Waals surface area (Å²) in [7, 11) is 0. The first-order valence-electron chi connectivity index (χ1n) is 4.26. The summed E-state index contributed by atoms with van der Waals surface area (Å²) in [5, 5.41) is 1.99. The number of hydrogen-bond acceptors (Lipinski definition) is 1. The van der Waals surface area contributed by atoms with Crippen molar-refractivity contribution in [1.82, 2.24) is 0 Å². The van der Waals surface area contributed by atoms with Crippen LogP contribution in [-0.4, -0.2) is 10.5 Å². The summed E-state index contributed by atoms with van der Waals surface area (Å²) in [5.41, 5.74) is 0. The lowest BCUT2D eigenvalue weighted by molar-refractivity contribution is 0.543. The fourth-order valence-corrected chi connectivity index (χ4v) is 2.95. The maximum absolute atomic E-state index is 2.33. The number of thioether (sulfide) groups is 1. The Hall–Kier alpha value is 0.350. The molecule has 0 radical (unpaired) electrons. The van der Waals surface area contributed by atoms with E-state index in [9.17, 15) is 0 Å². The summed E-state index contributed by atoms with van der Waals surface area (Å²) in [6.07, 6.45) is 1.42. The minimum Gasteiger partial charge on any atom is -0.153 e. The molecule has 0 saturated carbocycles. The molecule has 1 saturated heterocycles. The van der Waals surface area contributed by atoms with E-state index < -0.39 is 0 Å². The molecule has 1 fully saturated rings. The van der Waals surface area contributed by atoms with Crippen LogP contribution in [0.2, 0.25) is 0 Å². The third-order valence-corrected chi connectivity index (χ3v) is 3.69. The van der Waals surface area contributed by atoms with Crippen molar-refractivity contribution in [3.63, 3.8) is 0 Å². The van der Waals surface area contributed by atoms with Crippen LogP contribution in [0.3, 0.4) is 0 Å². The average molecular weight is 158 g/mol. The van der Waals surface area contributed by atoms with Gasteiger partial charge in [0.15, 0.2) is 0 Å². The monoisotopic (exact) mass is 158 g/mol. The second-order valence-electron chi connectivity index (χ2n) is 4.01. The molecule has 0 aromatic heterocycles. The van der Waals surface area contributed by atoms with E-state index in [2.05, 4.69) is 39.5 Å². The smallest absolute Gasteiger partial charge is 0.0192 e. The summed E-state index contributed by atoms with van der Waals surface area (Å²) >= 11 is 2.17. The maximum Gasteiger partial charge on any atom is 0.0192 e. The maximum atomic E-state index is 2.33. The summed E-state index contributed by atoms with van der Waals surface area (Å²) in [6.45, 7) is 9.29. The molecule has 0 spiro atoms. The molecule has 1 heteroatoms. The standard InChI is InChI=1S/C9H18S/c1-6(2)5-8-9(10-8)7(3)4/h6-9H,5H2,1-4H3/t8-,9-/m0/s1. The van der Waals surface area contributed by atoms with Crippen LogP contribution in [0.15, 0.2) is 0 Å². The molecule has 1 aliphatic heterocycles. The molecule has 1 aliphatic rings. The van der Waals surface area contributed by atoms with Gasteiger partial charge in [-0.05, 0) is 18.3 Å². The SMILES string of the molecule is CC(C)C[C@@H]1S[C@H]1C(C)C. The Morgan fingerprint density at radius 1 is 1.20 bits per heavy atom. The van der Waals surface area contributed by atoms with Crippen LogP contribution in [0, 0.1) is 11.8 Å². The van der Waals surface area contributed by atoms with E-state index in [-0.39, 0.29) is 0 Å². The zero-order valence-electron chi connectivity index (χ0n) is 7.42. The highest BCUT2D eigenvalue weighted by Gasteiger charge is 2.40. The van der Waals surface area contributed by atoms with Gasteiger partial charge in [-0.25, -0.2) is 0 Å². The molecule has 0 nitrogen and oxygen atoms in total. The average Bonchev–Trinajstić information content (AvgIpc) is 2.43. The van der Waals surface area contributed by atoms with Crippen molar-refractivity contribution in [3.05, 3.63) is 0 Å². The highest BCUT2D eigenvalue weighted by atomic mass is 32.2. The predicted molar refractivity (Wildman–Crippen MR) is 49.5 cm³/mol. The molecule has 2 atom stereocenters. The third kappa shape index (κ3) is 2.19. The van der Waals surface area contributed by atoms with Crippen molar-refractivity contribution >= 4 is 11.8 Å². The van der Waals surface area contributed by atoms with Gasteiger partial charge >= 0.3 is 0 Å². The van der Waals surface area contributed by atoms with E-state index in [1.54, 1.807) is 0 Å². The molecular formula is C9H18S. The quantitative estimate of drug-likeness (QED) is 0.568. The number of rotatable bonds is 3. The molecule has 10 heavy (non-hydrogen) atoms. The Balaban J connectivity index is 2.13. The van der Waals surface area contributed by atoms with E-state index in [1.807, 2.05) is 0 Å². The van der Waals surface area contributed by atoms with Gasteiger partial charge in [-0.2, -0.15) is 11.8 Å². The van der Waals surface area contributed by atoms with Gasteiger partial charge in [0.05, 0.1) is 0 Å². The van der Waals surface area contributed by atoms with E-state index in [4.69, 9.17) is 0 Å². The first kappa shape index (κ1) is 8.45. The summed E-state index contributed by atoms with van der Waals surface area (Å²) in [6, 6.07) is 0. The van der Waals surface area contributed by atoms with Gasteiger partial charge in [-0.15, -0.1) is 0 Å². The van der Waals surface area contributed by atoms with E-state index in [0.717, 1.165) is 22.3 Å². The lowest BCUT2D eigenvalue weighted by atomic mass is 10.0. The molecule has 1 heterocycles. The molecule has 60 valence electrons. The highest BCUT2D eigenvalue weighted by molar-refractivity contribution is 8.07. The Bertz CT molecular complexity index is 107. The minimum atomic E-state index is 0.890. The van der Waals surface area contributed by atoms with Gasteiger partial charge in [0.2, 0.25) is 0 Å². The van der Waals surface area contributed by atoms with Gasteiger partial charge in [0.25, 0.3) is 0 Å². The lowest BCUT2D eigenvalue weighted by Crippen LogP contribution is -2.04. The van der Waals surface area contributed by atoms with Crippen molar-refractivity contribution in [2.24, 2.45) is 11.8 Å². The molecule has 0 aromatic rings. The lowest BCUT2D eigenvalue weighted by Gasteiger charge is -2.02. The van der Waals surface area contributed by atoms with Gasteiger partial charge in [0.1, 0.15) is 0 Å². The van der Waals surface area contributed by atoms with Crippen LogP contribution in [0.5, 0.6) is 0 Å². The van der Waals surface area contributed by atoms with Crippen LogP contribution in [0.25, 0.3) is 0 Å². The Kier molecular flexibility index (Phi) is 2.67. The van der Waals surface area contributed by atoms with Crippen LogP contribution in [0.1, 0.15) is 34.1 Å². The van der Waals surface area contributed by atoms with Crippen molar-refractivity contribution < 1.29 is 0 Å². The molecule has 0 aliphatic carbocycles. The Morgan fingerprint density at radius 3 is 2.10 bits per heavy atom. The van der Waals surface area contributed by atoms with Gasteiger partial charge in [-0.1, -0.05) is 27.7 Å². The van der Waals surface area contributed by atoms with Crippen molar-refractivity contribution in [1.29, 1.82) is 0 Å². The normalized spacial score (nSPS) is 31.8. The summed E-state index contributed by atoms with van der Waals surface area (Å²) in [5.74, 6) is 1.79. The zero-order valence-corrected chi connectivity index (χ0v) is 8.24. The molecular weight excluding hydrogens is 140 g/mol. The van der Waals surface area contributed by atoms with Gasteiger partial charge < -0.3 is 0 Å². The fourth-order valence-electron chi connectivity index (χ4n) is 1.40. The first-order valence-corrected chi connectivity index (χ1v) is 5.21. The Morgan fingerprint density at radius 2 is 1.80 bits per heavy atom. The second-order valence-corrected chi connectivity index (χ2v) is 5.43. The highest BCUT2D eigenvalue weighted by Crippen LogP contribution is 2.49. The molecule has 0 bridgehead atoms. The van der Waals surface area contributed by atoms with Gasteiger partial charge in [0, 0.05) is 10.5 Å². The first-order chi connectivity index (χ1) is 4.61.